The first-order chi connectivity index (χ1) is 8.15. The van der Waals surface area contributed by atoms with Gasteiger partial charge in [-0.1, -0.05) is 0 Å². The van der Waals surface area contributed by atoms with Gasteiger partial charge < -0.3 is 10.5 Å². The summed E-state index contributed by atoms with van der Waals surface area (Å²) < 4.78 is 5.00. The number of ether oxygens (including phenoxy) is 1. The van der Waals surface area contributed by atoms with E-state index in [0.29, 0.717) is 17.0 Å². The average molecular weight is 253 g/mol. The number of hydrogen-bond acceptors (Lipinski definition) is 4. The standard InChI is InChI=1S/C12H15NO3S/c1-2-16-12(15)9-7-5-3-4-6-8(7)17-10(9)11(13)14/h2-6H2,1H3,(H2,13,14). The summed E-state index contributed by atoms with van der Waals surface area (Å²) in [5.74, 6) is -0.951. The van der Waals surface area contributed by atoms with Crippen molar-refractivity contribution in [2.24, 2.45) is 5.73 Å². The van der Waals surface area contributed by atoms with Crippen LogP contribution in [0.5, 0.6) is 0 Å². The predicted octanol–water partition coefficient (Wildman–Crippen LogP) is 1.90. The Morgan fingerprint density at radius 3 is 2.71 bits per heavy atom. The molecule has 1 aliphatic carbocycles. The highest BCUT2D eigenvalue weighted by Crippen LogP contribution is 2.34. The van der Waals surface area contributed by atoms with Crippen molar-refractivity contribution in [3.05, 3.63) is 20.9 Å². The molecule has 0 aliphatic heterocycles. The first kappa shape index (κ1) is 12.1. The Bertz CT molecular complexity index is 465. The van der Waals surface area contributed by atoms with E-state index in [1.807, 2.05) is 0 Å². The van der Waals surface area contributed by atoms with Gasteiger partial charge in [0.2, 0.25) is 0 Å². The largest absolute Gasteiger partial charge is 0.462 e. The summed E-state index contributed by atoms with van der Waals surface area (Å²) >= 11 is 1.35. The van der Waals surface area contributed by atoms with Crippen LogP contribution in [0, 0.1) is 0 Å². The van der Waals surface area contributed by atoms with Crippen molar-refractivity contribution in [2.75, 3.05) is 6.61 Å². The van der Waals surface area contributed by atoms with E-state index >= 15 is 0 Å². The number of esters is 1. The van der Waals surface area contributed by atoms with Crippen LogP contribution in [0.4, 0.5) is 0 Å². The fourth-order valence-electron chi connectivity index (χ4n) is 2.16. The van der Waals surface area contributed by atoms with Crippen LogP contribution >= 0.6 is 11.3 Å². The zero-order valence-corrected chi connectivity index (χ0v) is 10.6. The lowest BCUT2D eigenvalue weighted by Crippen LogP contribution is -2.17. The van der Waals surface area contributed by atoms with Crippen molar-refractivity contribution in [1.29, 1.82) is 0 Å². The van der Waals surface area contributed by atoms with E-state index in [4.69, 9.17) is 10.5 Å². The van der Waals surface area contributed by atoms with E-state index in [0.717, 1.165) is 36.1 Å². The number of fused-ring (bicyclic) bond motifs is 1. The molecule has 0 saturated heterocycles. The molecule has 0 bridgehead atoms. The van der Waals surface area contributed by atoms with Gasteiger partial charge in [0.1, 0.15) is 4.88 Å². The van der Waals surface area contributed by atoms with Crippen LogP contribution in [0.15, 0.2) is 0 Å². The maximum Gasteiger partial charge on any atom is 0.340 e. The van der Waals surface area contributed by atoms with Crippen molar-refractivity contribution >= 4 is 23.2 Å². The Kier molecular flexibility index (Phi) is 3.47. The second-order valence-corrected chi connectivity index (χ2v) is 5.10. The van der Waals surface area contributed by atoms with E-state index in [-0.39, 0.29) is 0 Å². The zero-order valence-electron chi connectivity index (χ0n) is 9.75. The van der Waals surface area contributed by atoms with Crippen molar-refractivity contribution in [1.82, 2.24) is 0 Å². The monoisotopic (exact) mass is 253 g/mol. The molecule has 0 aromatic carbocycles. The highest BCUT2D eigenvalue weighted by atomic mass is 32.1. The van der Waals surface area contributed by atoms with Gasteiger partial charge in [-0.2, -0.15) is 0 Å². The van der Waals surface area contributed by atoms with Gasteiger partial charge in [0.25, 0.3) is 5.91 Å². The van der Waals surface area contributed by atoms with E-state index in [2.05, 4.69) is 0 Å². The number of hydrogen-bond donors (Lipinski definition) is 1. The van der Waals surface area contributed by atoms with Crippen molar-refractivity contribution in [2.45, 2.75) is 32.6 Å². The lowest BCUT2D eigenvalue weighted by molar-refractivity contribution is 0.0522. The van der Waals surface area contributed by atoms with Crippen LogP contribution in [0.3, 0.4) is 0 Å². The SMILES string of the molecule is CCOC(=O)c1c(C(N)=O)sc2c1CCCC2. The van der Waals surface area contributed by atoms with Crippen molar-refractivity contribution in [3.8, 4) is 0 Å². The number of carbonyl (C=O) groups excluding carboxylic acids is 2. The molecule has 0 atom stereocenters. The van der Waals surface area contributed by atoms with Gasteiger partial charge in [-0.15, -0.1) is 11.3 Å². The van der Waals surface area contributed by atoms with E-state index in [9.17, 15) is 9.59 Å². The molecule has 0 unspecified atom stereocenters. The molecule has 17 heavy (non-hydrogen) atoms. The van der Waals surface area contributed by atoms with Crippen molar-refractivity contribution in [3.63, 3.8) is 0 Å². The van der Waals surface area contributed by atoms with Gasteiger partial charge >= 0.3 is 5.97 Å². The van der Waals surface area contributed by atoms with Crippen LogP contribution in [-0.2, 0) is 17.6 Å². The van der Waals surface area contributed by atoms with E-state index < -0.39 is 11.9 Å². The molecule has 0 spiro atoms. The third kappa shape index (κ3) is 2.20. The van der Waals surface area contributed by atoms with Gasteiger partial charge in [0.05, 0.1) is 12.2 Å². The summed E-state index contributed by atoms with van der Waals surface area (Å²) in [7, 11) is 0. The topological polar surface area (TPSA) is 69.4 Å². The summed E-state index contributed by atoms with van der Waals surface area (Å²) in [4.78, 5) is 24.7. The lowest BCUT2D eigenvalue weighted by Gasteiger charge is -2.12. The molecule has 1 heterocycles. The van der Waals surface area contributed by atoms with Crippen LogP contribution in [-0.4, -0.2) is 18.5 Å². The fraction of sp³-hybridized carbons (Fsp3) is 0.500. The van der Waals surface area contributed by atoms with Crippen LogP contribution in [0.1, 0.15) is 50.2 Å². The van der Waals surface area contributed by atoms with Gasteiger partial charge in [0.15, 0.2) is 0 Å². The minimum absolute atomic E-state index is 0.307. The molecule has 0 radical (unpaired) electrons. The number of aryl methyl sites for hydroxylation is 1. The summed E-state index contributed by atoms with van der Waals surface area (Å²) in [6.45, 7) is 2.06. The van der Waals surface area contributed by atoms with Crippen LogP contribution < -0.4 is 5.73 Å². The number of primary amides is 1. The van der Waals surface area contributed by atoms with Crippen LogP contribution in [0.25, 0.3) is 0 Å². The highest BCUT2D eigenvalue weighted by molar-refractivity contribution is 7.14. The molecular weight excluding hydrogens is 238 g/mol. The Labute approximate surface area is 104 Å². The number of nitrogens with two attached hydrogens (primary N) is 1. The molecule has 1 amide bonds. The number of carbonyl (C=O) groups is 2. The zero-order chi connectivity index (χ0) is 12.4. The molecular formula is C12H15NO3S. The second-order valence-electron chi connectivity index (χ2n) is 4.00. The van der Waals surface area contributed by atoms with E-state index in [1.54, 1.807) is 6.92 Å². The Morgan fingerprint density at radius 1 is 1.35 bits per heavy atom. The van der Waals surface area contributed by atoms with E-state index in [1.165, 1.54) is 11.3 Å². The first-order valence-corrected chi connectivity index (χ1v) is 6.58. The quantitative estimate of drug-likeness (QED) is 0.836. The summed E-state index contributed by atoms with van der Waals surface area (Å²) in [5.41, 5.74) is 6.72. The molecule has 1 aromatic heterocycles. The van der Waals surface area contributed by atoms with Gasteiger partial charge in [0, 0.05) is 4.88 Å². The van der Waals surface area contributed by atoms with Gasteiger partial charge in [-0.25, -0.2) is 4.79 Å². The van der Waals surface area contributed by atoms with Gasteiger partial charge in [-0.05, 0) is 38.2 Å². The smallest absolute Gasteiger partial charge is 0.340 e. The number of amides is 1. The molecule has 2 rings (SSSR count). The van der Waals surface area contributed by atoms with Crippen LogP contribution in [0.2, 0.25) is 0 Å². The third-order valence-electron chi connectivity index (χ3n) is 2.87. The first-order valence-electron chi connectivity index (χ1n) is 5.76. The third-order valence-corrected chi connectivity index (χ3v) is 4.18. The minimum Gasteiger partial charge on any atom is -0.462 e. The molecule has 5 heteroatoms. The Morgan fingerprint density at radius 2 is 2.06 bits per heavy atom. The maximum absolute atomic E-state index is 11.9. The summed E-state index contributed by atoms with van der Waals surface area (Å²) in [6.07, 6.45) is 3.93. The molecule has 0 fully saturated rings. The minimum atomic E-state index is -0.535. The maximum atomic E-state index is 11.9. The summed E-state index contributed by atoms with van der Waals surface area (Å²) in [6, 6.07) is 0. The Hall–Kier alpha value is -1.36. The highest BCUT2D eigenvalue weighted by Gasteiger charge is 2.28. The van der Waals surface area contributed by atoms with Crippen molar-refractivity contribution < 1.29 is 14.3 Å². The molecule has 92 valence electrons. The lowest BCUT2D eigenvalue weighted by atomic mass is 9.95. The number of thiophene rings is 1. The fourth-order valence-corrected chi connectivity index (χ4v) is 3.39. The molecule has 1 aliphatic rings. The van der Waals surface area contributed by atoms with Gasteiger partial charge in [-0.3, -0.25) is 4.79 Å². The molecule has 1 aromatic rings. The summed E-state index contributed by atoms with van der Waals surface area (Å²) in [5, 5.41) is 0. The molecule has 2 N–H and O–H groups in total. The molecule has 0 saturated carbocycles. The predicted molar refractivity (Wildman–Crippen MR) is 65.4 cm³/mol. The normalized spacial score (nSPS) is 14.2. The number of rotatable bonds is 3. The molecule has 4 nitrogen and oxygen atoms in total. The second kappa shape index (κ2) is 4.87. The Balaban J connectivity index is 2.49. The average Bonchev–Trinajstić information content (AvgIpc) is 2.68.